The molecule has 0 bridgehead atoms. The van der Waals surface area contributed by atoms with Crippen molar-refractivity contribution in [1.29, 1.82) is 0 Å². The van der Waals surface area contributed by atoms with Crippen LogP contribution in [0, 0.1) is 5.92 Å². The van der Waals surface area contributed by atoms with Gasteiger partial charge in [-0.05, 0) is 40.9 Å². The van der Waals surface area contributed by atoms with Gasteiger partial charge in [-0.2, -0.15) is 0 Å². The van der Waals surface area contributed by atoms with Crippen molar-refractivity contribution in [3.8, 4) is 0 Å². The zero-order valence-electron chi connectivity index (χ0n) is 10.6. The van der Waals surface area contributed by atoms with Gasteiger partial charge in [-0.1, -0.05) is 6.92 Å². The van der Waals surface area contributed by atoms with Gasteiger partial charge in [0.25, 0.3) is 0 Å². The monoisotopic (exact) mass is 348 g/mol. The Hall–Kier alpha value is -1.08. The Morgan fingerprint density at radius 1 is 1.42 bits per heavy atom. The summed E-state index contributed by atoms with van der Waals surface area (Å²) in [7, 11) is 0. The fourth-order valence-electron chi connectivity index (χ4n) is 1.47. The summed E-state index contributed by atoms with van der Waals surface area (Å²) in [5.74, 6) is -1.41. The molecule has 7 heteroatoms. The van der Waals surface area contributed by atoms with Gasteiger partial charge in [0.15, 0.2) is 0 Å². The van der Waals surface area contributed by atoms with Gasteiger partial charge in [0.1, 0.15) is 0 Å². The standard InChI is InChI=1S/C12H17BrN2O3S/c1-2-8(11(16)17)7-15-12(18)14-6-5-9-3-4-10(13)19-9/h3-4,8H,2,5-7H2,1H3,(H,16,17)(H2,14,15,18). The summed E-state index contributed by atoms with van der Waals surface area (Å²) in [6, 6.07) is 3.65. The largest absolute Gasteiger partial charge is 0.481 e. The molecule has 106 valence electrons. The van der Waals surface area contributed by atoms with Crippen LogP contribution >= 0.6 is 27.3 Å². The molecule has 0 aliphatic heterocycles. The van der Waals surface area contributed by atoms with Crippen molar-refractivity contribution in [1.82, 2.24) is 10.6 Å². The number of carboxylic acid groups (broad SMARTS) is 1. The quantitative estimate of drug-likeness (QED) is 0.708. The number of carbonyl (C=O) groups is 2. The lowest BCUT2D eigenvalue weighted by Crippen LogP contribution is -2.40. The molecule has 0 radical (unpaired) electrons. The smallest absolute Gasteiger partial charge is 0.314 e. The summed E-state index contributed by atoms with van der Waals surface area (Å²) in [4.78, 5) is 23.4. The van der Waals surface area contributed by atoms with E-state index in [1.165, 1.54) is 4.88 Å². The molecular weight excluding hydrogens is 332 g/mol. The van der Waals surface area contributed by atoms with Crippen molar-refractivity contribution in [2.45, 2.75) is 19.8 Å². The van der Waals surface area contributed by atoms with E-state index in [1.807, 2.05) is 12.1 Å². The summed E-state index contributed by atoms with van der Waals surface area (Å²) in [6.45, 7) is 2.47. The normalized spacial score (nSPS) is 11.9. The lowest BCUT2D eigenvalue weighted by Gasteiger charge is -2.11. The zero-order chi connectivity index (χ0) is 14.3. The molecule has 1 aromatic heterocycles. The molecular formula is C12H17BrN2O3S. The molecule has 2 amide bonds. The molecule has 19 heavy (non-hydrogen) atoms. The van der Waals surface area contributed by atoms with E-state index in [-0.39, 0.29) is 12.6 Å². The Kier molecular flexibility index (Phi) is 6.86. The van der Waals surface area contributed by atoms with Crippen LogP contribution < -0.4 is 10.6 Å². The van der Waals surface area contributed by atoms with E-state index < -0.39 is 11.9 Å². The third-order valence-corrected chi connectivity index (χ3v) is 4.32. The summed E-state index contributed by atoms with van der Waals surface area (Å²) in [6.07, 6.45) is 1.26. The van der Waals surface area contributed by atoms with Crippen molar-refractivity contribution in [3.63, 3.8) is 0 Å². The molecule has 1 rings (SSSR count). The molecule has 0 spiro atoms. The molecule has 0 saturated heterocycles. The van der Waals surface area contributed by atoms with Crippen molar-refractivity contribution in [2.75, 3.05) is 13.1 Å². The van der Waals surface area contributed by atoms with Gasteiger partial charge in [0, 0.05) is 18.0 Å². The first-order chi connectivity index (χ1) is 9.02. The molecule has 5 nitrogen and oxygen atoms in total. The summed E-state index contributed by atoms with van der Waals surface area (Å²) in [5, 5.41) is 14.1. The first-order valence-electron chi connectivity index (χ1n) is 6.01. The average Bonchev–Trinajstić information content (AvgIpc) is 2.75. The van der Waals surface area contributed by atoms with E-state index in [4.69, 9.17) is 5.11 Å². The first-order valence-corrected chi connectivity index (χ1v) is 7.62. The van der Waals surface area contributed by atoms with Crippen LogP contribution in [-0.2, 0) is 11.2 Å². The Labute approximate surface area is 124 Å². The van der Waals surface area contributed by atoms with Crippen LogP contribution in [0.25, 0.3) is 0 Å². The molecule has 0 aliphatic carbocycles. The number of halogens is 1. The van der Waals surface area contributed by atoms with Crippen molar-refractivity contribution in [3.05, 3.63) is 20.8 Å². The molecule has 1 heterocycles. The Morgan fingerprint density at radius 2 is 2.16 bits per heavy atom. The molecule has 0 fully saturated rings. The maximum absolute atomic E-state index is 11.5. The van der Waals surface area contributed by atoms with E-state index >= 15 is 0 Å². The Bertz CT molecular complexity index is 436. The van der Waals surface area contributed by atoms with Gasteiger partial charge in [-0.15, -0.1) is 11.3 Å². The van der Waals surface area contributed by atoms with Crippen molar-refractivity contribution < 1.29 is 14.7 Å². The summed E-state index contributed by atoms with van der Waals surface area (Å²) < 4.78 is 1.07. The summed E-state index contributed by atoms with van der Waals surface area (Å²) >= 11 is 5.01. The van der Waals surface area contributed by atoms with Crippen LogP contribution in [-0.4, -0.2) is 30.2 Å². The molecule has 0 saturated carbocycles. The van der Waals surface area contributed by atoms with Crippen LogP contribution in [0.2, 0.25) is 0 Å². The van der Waals surface area contributed by atoms with Gasteiger partial charge < -0.3 is 15.7 Å². The number of nitrogens with one attached hydrogen (secondary N) is 2. The topological polar surface area (TPSA) is 78.4 Å². The average molecular weight is 349 g/mol. The number of urea groups is 1. The molecule has 1 aromatic rings. The lowest BCUT2D eigenvalue weighted by molar-refractivity contribution is -0.141. The third-order valence-electron chi connectivity index (χ3n) is 2.64. The highest BCUT2D eigenvalue weighted by Crippen LogP contribution is 2.21. The second-order valence-corrected chi connectivity index (χ2v) is 6.58. The van der Waals surface area contributed by atoms with E-state index in [9.17, 15) is 9.59 Å². The Morgan fingerprint density at radius 3 is 2.68 bits per heavy atom. The minimum absolute atomic E-state index is 0.155. The molecule has 0 aromatic carbocycles. The van der Waals surface area contributed by atoms with Crippen LogP contribution in [0.1, 0.15) is 18.2 Å². The fourth-order valence-corrected chi connectivity index (χ4v) is 2.95. The number of amides is 2. The van der Waals surface area contributed by atoms with Gasteiger partial charge in [0.05, 0.1) is 9.70 Å². The number of hydrogen-bond acceptors (Lipinski definition) is 3. The third kappa shape index (κ3) is 6.07. The second-order valence-electron chi connectivity index (χ2n) is 4.04. The number of hydrogen-bond donors (Lipinski definition) is 3. The number of aliphatic carboxylic acids is 1. The number of carboxylic acids is 1. The second kappa shape index (κ2) is 8.16. The van der Waals surface area contributed by atoms with Crippen LogP contribution in [0.5, 0.6) is 0 Å². The van der Waals surface area contributed by atoms with E-state index in [0.29, 0.717) is 13.0 Å². The van der Waals surface area contributed by atoms with Gasteiger partial charge in [0.2, 0.25) is 0 Å². The van der Waals surface area contributed by atoms with Gasteiger partial charge >= 0.3 is 12.0 Å². The number of thiophene rings is 1. The number of carbonyl (C=O) groups excluding carboxylic acids is 1. The zero-order valence-corrected chi connectivity index (χ0v) is 13.0. The predicted octanol–water partition coefficient (Wildman–Crippen LogP) is 2.46. The van der Waals surface area contributed by atoms with E-state index in [0.717, 1.165) is 10.2 Å². The number of rotatable bonds is 7. The molecule has 3 N–H and O–H groups in total. The minimum Gasteiger partial charge on any atom is -0.481 e. The van der Waals surface area contributed by atoms with E-state index in [1.54, 1.807) is 18.3 Å². The lowest BCUT2D eigenvalue weighted by atomic mass is 10.1. The van der Waals surface area contributed by atoms with Crippen LogP contribution in [0.15, 0.2) is 15.9 Å². The predicted molar refractivity (Wildman–Crippen MR) is 78.5 cm³/mol. The fraction of sp³-hybridized carbons (Fsp3) is 0.500. The highest BCUT2D eigenvalue weighted by Gasteiger charge is 2.15. The molecule has 1 atom stereocenters. The van der Waals surface area contributed by atoms with Gasteiger partial charge in [-0.25, -0.2) is 4.79 Å². The maximum Gasteiger partial charge on any atom is 0.314 e. The maximum atomic E-state index is 11.5. The highest BCUT2D eigenvalue weighted by atomic mass is 79.9. The van der Waals surface area contributed by atoms with Crippen molar-refractivity contribution in [2.24, 2.45) is 5.92 Å². The summed E-state index contributed by atoms with van der Waals surface area (Å²) in [5.41, 5.74) is 0. The first kappa shape index (κ1) is 16.0. The van der Waals surface area contributed by atoms with Gasteiger partial charge in [-0.3, -0.25) is 4.79 Å². The highest BCUT2D eigenvalue weighted by molar-refractivity contribution is 9.11. The van der Waals surface area contributed by atoms with Crippen LogP contribution in [0.4, 0.5) is 4.79 Å². The molecule has 1 unspecified atom stereocenters. The van der Waals surface area contributed by atoms with E-state index in [2.05, 4.69) is 26.6 Å². The SMILES string of the molecule is CCC(CNC(=O)NCCc1ccc(Br)s1)C(=O)O. The minimum atomic E-state index is -0.883. The van der Waals surface area contributed by atoms with Crippen molar-refractivity contribution >= 4 is 39.3 Å². The van der Waals surface area contributed by atoms with Crippen LogP contribution in [0.3, 0.4) is 0 Å². The molecule has 0 aliphatic rings. The Balaban J connectivity index is 2.19.